The SMILES string of the molecule is CCC(=O)OCCOCCOCCOCCOC(=O)CCS. The Bertz CT molecular complexity index is 286. The zero-order valence-electron chi connectivity index (χ0n) is 13.1. The first-order valence-corrected chi connectivity index (χ1v) is 7.99. The molecule has 0 atom stereocenters. The van der Waals surface area contributed by atoms with E-state index in [2.05, 4.69) is 12.6 Å². The number of rotatable bonds is 15. The highest BCUT2D eigenvalue weighted by molar-refractivity contribution is 7.80. The summed E-state index contributed by atoms with van der Waals surface area (Å²) < 4.78 is 25.4. The van der Waals surface area contributed by atoms with E-state index in [0.29, 0.717) is 58.2 Å². The van der Waals surface area contributed by atoms with E-state index in [1.807, 2.05) is 0 Å². The van der Waals surface area contributed by atoms with Gasteiger partial charge >= 0.3 is 11.9 Å². The molecule has 0 aromatic carbocycles. The molecule has 0 unspecified atom stereocenters. The van der Waals surface area contributed by atoms with Gasteiger partial charge in [0.15, 0.2) is 0 Å². The van der Waals surface area contributed by atoms with Crippen molar-refractivity contribution in [2.45, 2.75) is 19.8 Å². The number of ether oxygens (including phenoxy) is 5. The van der Waals surface area contributed by atoms with Gasteiger partial charge in [0.25, 0.3) is 0 Å². The van der Waals surface area contributed by atoms with E-state index in [4.69, 9.17) is 23.7 Å². The first-order chi connectivity index (χ1) is 10.7. The molecule has 0 bridgehead atoms. The summed E-state index contributed by atoms with van der Waals surface area (Å²) in [6, 6.07) is 0. The van der Waals surface area contributed by atoms with Crippen LogP contribution in [0.25, 0.3) is 0 Å². The normalized spacial score (nSPS) is 10.5. The number of hydrogen-bond donors (Lipinski definition) is 1. The zero-order valence-corrected chi connectivity index (χ0v) is 14.0. The quantitative estimate of drug-likeness (QED) is 0.269. The van der Waals surface area contributed by atoms with Gasteiger partial charge in [-0.05, 0) is 0 Å². The maximum Gasteiger partial charge on any atom is 0.306 e. The minimum absolute atomic E-state index is 0.228. The number of esters is 2. The Morgan fingerprint density at radius 2 is 1.14 bits per heavy atom. The molecule has 0 saturated heterocycles. The van der Waals surface area contributed by atoms with Crippen LogP contribution in [0.4, 0.5) is 0 Å². The van der Waals surface area contributed by atoms with E-state index >= 15 is 0 Å². The fraction of sp³-hybridized carbons (Fsp3) is 0.857. The topological polar surface area (TPSA) is 80.3 Å². The summed E-state index contributed by atoms with van der Waals surface area (Å²) in [5.41, 5.74) is 0. The molecule has 0 N–H and O–H groups in total. The van der Waals surface area contributed by atoms with Crippen molar-refractivity contribution in [3.05, 3.63) is 0 Å². The average molecular weight is 338 g/mol. The predicted octanol–water partition coefficient (Wildman–Crippen LogP) is 0.852. The van der Waals surface area contributed by atoms with Crippen LogP contribution in [-0.4, -0.2) is 70.5 Å². The molecule has 0 saturated carbocycles. The molecule has 0 aromatic rings. The van der Waals surface area contributed by atoms with E-state index in [0.717, 1.165) is 0 Å². The van der Waals surface area contributed by atoms with Crippen LogP contribution in [0.5, 0.6) is 0 Å². The van der Waals surface area contributed by atoms with Crippen LogP contribution in [0.2, 0.25) is 0 Å². The number of hydrogen-bond acceptors (Lipinski definition) is 8. The minimum Gasteiger partial charge on any atom is -0.463 e. The lowest BCUT2D eigenvalue weighted by molar-refractivity contribution is -0.145. The van der Waals surface area contributed by atoms with E-state index in [9.17, 15) is 9.59 Å². The molecule has 22 heavy (non-hydrogen) atoms. The number of thiol groups is 1. The van der Waals surface area contributed by atoms with Gasteiger partial charge in [0, 0.05) is 12.2 Å². The molecular formula is C14H26O7S. The molecule has 0 rings (SSSR count). The first kappa shape index (κ1) is 21.2. The third-order valence-electron chi connectivity index (χ3n) is 2.33. The zero-order chi connectivity index (χ0) is 16.5. The van der Waals surface area contributed by atoms with Gasteiger partial charge in [-0.1, -0.05) is 6.92 Å². The van der Waals surface area contributed by atoms with E-state index in [1.54, 1.807) is 6.92 Å². The summed E-state index contributed by atoms with van der Waals surface area (Å²) in [6.45, 7) is 4.72. The maximum absolute atomic E-state index is 11.0. The van der Waals surface area contributed by atoms with Gasteiger partial charge in [-0.2, -0.15) is 12.6 Å². The Balaban J connectivity index is 3.08. The smallest absolute Gasteiger partial charge is 0.306 e. The van der Waals surface area contributed by atoms with Gasteiger partial charge in [0.2, 0.25) is 0 Å². The Kier molecular flexibility index (Phi) is 15.9. The second-order valence-electron chi connectivity index (χ2n) is 4.11. The van der Waals surface area contributed by atoms with Crippen molar-refractivity contribution in [2.24, 2.45) is 0 Å². The van der Waals surface area contributed by atoms with Gasteiger partial charge in [-0.25, -0.2) is 0 Å². The summed E-state index contributed by atoms with van der Waals surface area (Å²) in [4.78, 5) is 21.8. The average Bonchev–Trinajstić information content (AvgIpc) is 2.51. The largest absolute Gasteiger partial charge is 0.463 e. The highest BCUT2D eigenvalue weighted by atomic mass is 32.1. The molecule has 7 nitrogen and oxygen atoms in total. The molecule has 0 aliphatic rings. The number of carbonyl (C=O) groups is 2. The molecule has 0 amide bonds. The summed E-state index contributed by atoms with van der Waals surface area (Å²) in [5.74, 6) is -0.0127. The van der Waals surface area contributed by atoms with Gasteiger partial charge in [0.1, 0.15) is 13.2 Å². The van der Waals surface area contributed by atoms with Crippen LogP contribution in [0.1, 0.15) is 19.8 Å². The van der Waals surface area contributed by atoms with Crippen molar-refractivity contribution >= 4 is 24.6 Å². The monoisotopic (exact) mass is 338 g/mol. The van der Waals surface area contributed by atoms with Crippen LogP contribution < -0.4 is 0 Å². The number of carbonyl (C=O) groups excluding carboxylic acids is 2. The van der Waals surface area contributed by atoms with E-state index in [-0.39, 0.29) is 25.2 Å². The molecule has 0 fully saturated rings. The van der Waals surface area contributed by atoms with Crippen molar-refractivity contribution < 1.29 is 33.3 Å². The standard InChI is InChI=1S/C14H26O7S/c1-2-13(15)20-10-8-18-6-4-17-5-7-19-9-11-21-14(16)3-12-22/h22H,2-12H2,1H3. The lowest BCUT2D eigenvalue weighted by Gasteiger charge is -2.07. The second kappa shape index (κ2) is 16.5. The maximum atomic E-state index is 11.0. The Labute approximate surface area is 137 Å². The van der Waals surface area contributed by atoms with Crippen LogP contribution in [0.3, 0.4) is 0 Å². The summed E-state index contributed by atoms with van der Waals surface area (Å²) in [7, 11) is 0. The molecular weight excluding hydrogens is 312 g/mol. The van der Waals surface area contributed by atoms with Gasteiger partial charge in [-0.15, -0.1) is 0 Å². The summed E-state index contributed by atoms with van der Waals surface area (Å²) in [6.07, 6.45) is 0.682. The molecule has 0 radical (unpaired) electrons. The lowest BCUT2D eigenvalue weighted by atomic mass is 10.5. The third kappa shape index (κ3) is 15.6. The summed E-state index contributed by atoms with van der Waals surface area (Å²) in [5, 5.41) is 0. The Morgan fingerprint density at radius 3 is 1.55 bits per heavy atom. The highest BCUT2D eigenvalue weighted by Crippen LogP contribution is 1.89. The van der Waals surface area contributed by atoms with Crippen molar-refractivity contribution in [3.63, 3.8) is 0 Å². The second-order valence-corrected chi connectivity index (χ2v) is 4.55. The van der Waals surface area contributed by atoms with Crippen LogP contribution in [0.15, 0.2) is 0 Å². The van der Waals surface area contributed by atoms with Crippen molar-refractivity contribution in [2.75, 3.05) is 58.6 Å². The van der Waals surface area contributed by atoms with Gasteiger partial charge in [0.05, 0.1) is 46.1 Å². The van der Waals surface area contributed by atoms with Crippen LogP contribution in [0, 0.1) is 0 Å². The lowest BCUT2D eigenvalue weighted by Crippen LogP contribution is -2.15. The molecule has 0 spiro atoms. The molecule has 8 heteroatoms. The van der Waals surface area contributed by atoms with E-state index in [1.165, 1.54) is 0 Å². The van der Waals surface area contributed by atoms with Gasteiger partial charge < -0.3 is 23.7 Å². The van der Waals surface area contributed by atoms with Crippen LogP contribution >= 0.6 is 12.6 Å². The predicted molar refractivity (Wildman–Crippen MR) is 83.1 cm³/mol. The first-order valence-electron chi connectivity index (χ1n) is 7.36. The van der Waals surface area contributed by atoms with Crippen LogP contribution in [-0.2, 0) is 33.3 Å². The molecule has 0 heterocycles. The highest BCUT2D eigenvalue weighted by Gasteiger charge is 2.00. The van der Waals surface area contributed by atoms with E-state index < -0.39 is 0 Å². The minimum atomic E-state index is -0.267. The van der Waals surface area contributed by atoms with Gasteiger partial charge in [-0.3, -0.25) is 9.59 Å². The van der Waals surface area contributed by atoms with Crippen molar-refractivity contribution in [1.29, 1.82) is 0 Å². The Morgan fingerprint density at radius 1 is 0.727 bits per heavy atom. The van der Waals surface area contributed by atoms with Crippen molar-refractivity contribution in [3.8, 4) is 0 Å². The molecule has 0 aromatic heterocycles. The Hall–Kier alpha value is -0.830. The third-order valence-corrected chi connectivity index (χ3v) is 2.55. The fourth-order valence-electron chi connectivity index (χ4n) is 1.24. The fourth-order valence-corrected chi connectivity index (χ4v) is 1.42. The molecule has 0 aliphatic carbocycles. The van der Waals surface area contributed by atoms with Crippen molar-refractivity contribution in [1.82, 2.24) is 0 Å². The summed E-state index contributed by atoms with van der Waals surface area (Å²) >= 11 is 3.93. The molecule has 130 valence electrons. The molecule has 0 aliphatic heterocycles.